The van der Waals surface area contributed by atoms with Gasteiger partial charge in [0, 0.05) is 30.0 Å². The van der Waals surface area contributed by atoms with Gasteiger partial charge in [0.15, 0.2) is 10.6 Å². The van der Waals surface area contributed by atoms with E-state index in [1.165, 1.54) is 24.9 Å². The Morgan fingerprint density at radius 3 is 2.47 bits per heavy atom. The summed E-state index contributed by atoms with van der Waals surface area (Å²) >= 11 is 5.33. The standard InChI is InChI=1S/C22H25N5O2S/c1-29-19-11-5-16(6-12-19)21-24-25-22(30)27(21)15-20(28)23-17-7-9-18(10-8-17)26-13-3-2-4-14-26/h5-12H,2-4,13-15H2,1H3,(H,23,28)(H,25,30). The van der Waals surface area contributed by atoms with E-state index in [4.69, 9.17) is 17.0 Å². The number of nitrogens with zero attached hydrogens (tertiary/aromatic N) is 3. The van der Waals surface area contributed by atoms with E-state index < -0.39 is 0 Å². The van der Waals surface area contributed by atoms with E-state index in [0.717, 1.165) is 30.1 Å². The topological polar surface area (TPSA) is 75.2 Å². The van der Waals surface area contributed by atoms with Crippen LogP contribution >= 0.6 is 12.2 Å². The predicted octanol–water partition coefficient (Wildman–Crippen LogP) is 4.25. The lowest BCUT2D eigenvalue weighted by Gasteiger charge is -2.28. The molecule has 30 heavy (non-hydrogen) atoms. The molecule has 2 aromatic carbocycles. The molecule has 4 rings (SSSR count). The van der Waals surface area contributed by atoms with Gasteiger partial charge in [-0.15, -0.1) is 0 Å². The van der Waals surface area contributed by atoms with Crippen LogP contribution in [0.2, 0.25) is 0 Å². The fourth-order valence-corrected chi connectivity index (χ4v) is 3.87. The number of piperidine rings is 1. The Bertz CT molecular complexity index is 1050. The van der Waals surface area contributed by atoms with E-state index in [2.05, 4.69) is 32.5 Å². The summed E-state index contributed by atoms with van der Waals surface area (Å²) in [4.78, 5) is 15.0. The molecule has 2 N–H and O–H groups in total. The number of H-pyrrole nitrogens is 1. The SMILES string of the molecule is COc1ccc(-c2n[nH]c(=S)n2CC(=O)Nc2ccc(N3CCCCC3)cc2)cc1. The van der Waals surface area contributed by atoms with Crippen molar-refractivity contribution in [3.05, 3.63) is 53.3 Å². The maximum Gasteiger partial charge on any atom is 0.244 e. The zero-order chi connectivity index (χ0) is 20.9. The highest BCUT2D eigenvalue weighted by Gasteiger charge is 2.14. The lowest BCUT2D eigenvalue weighted by Crippen LogP contribution is -2.29. The molecule has 3 aromatic rings. The second kappa shape index (κ2) is 9.13. The summed E-state index contributed by atoms with van der Waals surface area (Å²) in [7, 11) is 1.62. The van der Waals surface area contributed by atoms with Crippen molar-refractivity contribution in [3.63, 3.8) is 0 Å². The predicted molar refractivity (Wildman–Crippen MR) is 121 cm³/mol. The van der Waals surface area contributed by atoms with Gasteiger partial charge in [0.2, 0.25) is 5.91 Å². The van der Waals surface area contributed by atoms with Crippen LogP contribution in [0.5, 0.6) is 5.75 Å². The molecule has 0 aliphatic carbocycles. The van der Waals surface area contributed by atoms with Crippen molar-refractivity contribution in [1.29, 1.82) is 0 Å². The number of aromatic amines is 1. The molecule has 0 spiro atoms. The molecule has 156 valence electrons. The zero-order valence-corrected chi connectivity index (χ0v) is 17.7. The fraction of sp³-hybridized carbons (Fsp3) is 0.318. The number of ether oxygens (including phenoxy) is 1. The second-order valence-corrected chi connectivity index (χ2v) is 7.70. The molecule has 8 heteroatoms. The second-order valence-electron chi connectivity index (χ2n) is 7.31. The third-order valence-electron chi connectivity index (χ3n) is 5.28. The van der Waals surface area contributed by atoms with Gasteiger partial charge >= 0.3 is 0 Å². The molecule has 1 fully saturated rings. The highest BCUT2D eigenvalue weighted by Crippen LogP contribution is 2.23. The van der Waals surface area contributed by atoms with Gasteiger partial charge in [-0.3, -0.25) is 14.5 Å². The van der Waals surface area contributed by atoms with Crippen LogP contribution in [0.3, 0.4) is 0 Å². The van der Waals surface area contributed by atoms with Crippen molar-refractivity contribution in [2.24, 2.45) is 0 Å². The van der Waals surface area contributed by atoms with Crippen molar-refractivity contribution in [3.8, 4) is 17.1 Å². The largest absolute Gasteiger partial charge is 0.497 e. The molecule has 0 atom stereocenters. The summed E-state index contributed by atoms with van der Waals surface area (Å²) in [5, 5.41) is 10.0. The number of carbonyl (C=O) groups excluding carboxylic acids is 1. The van der Waals surface area contributed by atoms with Crippen molar-refractivity contribution in [1.82, 2.24) is 14.8 Å². The first-order chi connectivity index (χ1) is 14.6. The number of amides is 1. The molecule has 1 saturated heterocycles. The highest BCUT2D eigenvalue weighted by atomic mass is 32.1. The summed E-state index contributed by atoms with van der Waals surface area (Å²) in [6.45, 7) is 2.27. The Kier molecular flexibility index (Phi) is 6.13. The molecule has 0 radical (unpaired) electrons. The van der Waals surface area contributed by atoms with Gasteiger partial charge in [0.05, 0.1) is 7.11 Å². The summed E-state index contributed by atoms with van der Waals surface area (Å²) in [5.74, 6) is 1.21. The number of rotatable bonds is 6. The van der Waals surface area contributed by atoms with Crippen LogP contribution < -0.4 is 15.0 Å². The number of carbonyl (C=O) groups is 1. The molecule has 0 saturated carbocycles. The van der Waals surface area contributed by atoms with Crippen molar-refractivity contribution in [2.45, 2.75) is 25.8 Å². The van der Waals surface area contributed by atoms with E-state index >= 15 is 0 Å². The lowest BCUT2D eigenvalue weighted by molar-refractivity contribution is -0.116. The van der Waals surface area contributed by atoms with Gasteiger partial charge in [0.1, 0.15) is 12.3 Å². The van der Waals surface area contributed by atoms with Crippen molar-refractivity contribution < 1.29 is 9.53 Å². The van der Waals surface area contributed by atoms with Gasteiger partial charge in [0.25, 0.3) is 0 Å². The summed E-state index contributed by atoms with van der Waals surface area (Å²) in [6, 6.07) is 15.5. The molecule has 2 heterocycles. The van der Waals surface area contributed by atoms with Crippen molar-refractivity contribution in [2.75, 3.05) is 30.4 Å². The quantitative estimate of drug-likeness (QED) is 0.580. The molecule has 1 aliphatic rings. The Morgan fingerprint density at radius 1 is 1.10 bits per heavy atom. The van der Waals surface area contributed by atoms with Crippen LogP contribution in [0.1, 0.15) is 19.3 Å². The van der Waals surface area contributed by atoms with E-state index in [0.29, 0.717) is 10.6 Å². The molecule has 0 unspecified atom stereocenters. The number of aromatic nitrogens is 3. The molecule has 1 amide bonds. The first-order valence-corrected chi connectivity index (χ1v) is 10.5. The van der Waals surface area contributed by atoms with E-state index in [1.807, 2.05) is 36.4 Å². The molecule has 1 aromatic heterocycles. The Hall–Kier alpha value is -3.13. The van der Waals surface area contributed by atoms with Crippen LogP contribution in [0.25, 0.3) is 11.4 Å². The maximum absolute atomic E-state index is 12.7. The fourth-order valence-electron chi connectivity index (χ4n) is 3.68. The lowest BCUT2D eigenvalue weighted by atomic mass is 10.1. The summed E-state index contributed by atoms with van der Waals surface area (Å²) < 4.78 is 7.28. The van der Waals surface area contributed by atoms with Crippen LogP contribution in [0.4, 0.5) is 11.4 Å². The minimum Gasteiger partial charge on any atom is -0.497 e. The molecular weight excluding hydrogens is 398 g/mol. The smallest absolute Gasteiger partial charge is 0.244 e. The van der Waals surface area contributed by atoms with Gasteiger partial charge < -0.3 is 15.0 Å². The Balaban J connectivity index is 1.44. The molecule has 7 nitrogen and oxygen atoms in total. The average molecular weight is 424 g/mol. The first kappa shape index (κ1) is 20.2. The monoisotopic (exact) mass is 423 g/mol. The zero-order valence-electron chi connectivity index (χ0n) is 16.9. The van der Waals surface area contributed by atoms with Gasteiger partial charge in [-0.05, 0) is 80.0 Å². The summed E-state index contributed by atoms with van der Waals surface area (Å²) in [5.41, 5.74) is 2.81. The number of hydrogen-bond donors (Lipinski definition) is 2. The molecular formula is C22H25N5O2S. The normalized spacial score (nSPS) is 13.8. The third-order valence-corrected chi connectivity index (χ3v) is 5.59. The number of methoxy groups -OCH3 is 1. The summed E-state index contributed by atoms with van der Waals surface area (Å²) in [6.07, 6.45) is 3.78. The van der Waals surface area contributed by atoms with Crippen molar-refractivity contribution >= 4 is 29.5 Å². The number of hydrogen-bond acceptors (Lipinski definition) is 5. The number of benzene rings is 2. The molecule has 1 aliphatic heterocycles. The Morgan fingerprint density at radius 2 is 1.80 bits per heavy atom. The van der Waals surface area contributed by atoms with Gasteiger partial charge in [-0.2, -0.15) is 5.10 Å². The Labute approximate surface area is 180 Å². The van der Waals surface area contributed by atoms with Gasteiger partial charge in [-0.25, -0.2) is 0 Å². The first-order valence-electron chi connectivity index (χ1n) is 10.1. The maximum atomic E-state index is 12.7. The van der Waals surface area contributed by atoms with Crippen LogP contribution in [-0.2, 0) is 11.3 Å². The highest BCUT2D eigenvalue weighted by molar-refractivity contribution is 7.71. The minimum absolute atomic E-state index is 0.0740. The third kappa shape index (κ3) is 4.54. The van der Waals surface area contributed by atoms with Gasteiger partial charge in [-0.1, -0.05) is 0 Å². The van der Waals surface area contributed by atoms with E-state index in [9.17, 15) is 4.79 Å². The van der Waals surface area contributed by atoms with E-state index in [1.54, 1.807) is 11.7 Å². The van der Waals surface area contributed by atoms with E-state index in [-0.39, 0.29) is 12.5 Å². The van der Waals surface area contributed by atoms with Crippen LogP contribution in [-0.4, -0.2) is 40.9 Å². The average Bonchev–Trinajstić information content (AvgIpc) is 3.15. The van der Waals surface area contributed by atoms with Crippen LogP contribution in [0.15, 0.2) is 48.5 Å². The van der Waals surface area contributed by atoms with Crippen LogP contribution in [0, 0.1) is 4.77 Å². The number of nitrogens with one attached hydrogen (secondary N) is 2. The minimum atomic E-state index is -0.159. The number of anilines is 2. The molecule has 0 bridgehead atoms.